The molecule has 7 heteroatoms. The fourth-order valence-electron chi connectivity index (χ4n) is 3.39. The van der Waals surface area contributed by atoms with Crippen molar-refractivity contribution in [1.29, 1.82) is 0 Å². The van der Waals surface area contributed by atoms with E-state index >= 15 is 0 Å². The number of hydrogen-bond donors (Lipinski definition) is 1. The van der Waals surface area contributed by atoms with Crippen LogP contribution in [0.2, 0.25) is 0 Å². The third kappa shape index (κ3) is 4.29. The summed E-state index contributed by atoms with van der Waals surface area (Å²) in [5, 5.41) is 3.27. The van der Waals surface area contributed by atoms with Crippen LogP contribution in [-0.2, 0) is 26.4 Å². The summed E-state index contributed by atoms with van der Waals surface area (Å²) < 4.78 is 2.95. The number of hydrogen-bond acceptors (Lipinski definition) is 3. The molecule has 0 saturated carbocycles. The topological polar surface area (TPSA) is 57.8 Å². The third-order valence-corrected chi connectivity index (χ3v) is 6.79. The predicted molar refractivity (Wildman–Crippen MR) is 124 cm³/mol. The Morgan fingerprint density at radius 3 is 2.37 bits per heavy atom. The molecule has 3 aromatic rings. The average molecular weight is 571 g/mol. The Balaban J connectivity index is 1.90. The number of anilines is 2. The van der Waals surface area contributed by atoms with Crippen LogP contribution in [0.25, 0.3) is 11.0 Å². The first-order chi connectivity index (χ1) is 14.1. The maximum absolute atomic E-state index is 5.65. The summed E-state index contributed by atoms with van der Waals surface area (Å²) in [6.45, 7) is 16.0. The molecule has 3 rings (SSSR count). The number of aliphatic imine (C=N–C) groups is 2. The minimum absolute atomic E-state index is 0.380. The molecular formula is C23H27N6W-. The van der Waals surface area contributed by atoms with Crippen LogP contribution in [0.15, 0.2) is 34.3 Å². The van der Waals surface area contributed by atoms with E-state index in [-0.39, 0.29) is 0 Å². The summed E-state index contributed by atoms with van der Waals surface area (Å²) >= 11 is 1.21. The Labute approximate surface area is 189 Å². The number of guanidine groups is 1. The molecule has 0 aliphatic carbocycles. The van der Waals surface area contributed by atoms with Crippen LogP contribution in [0.5, 0.6) is 0 Å². The maximum atomic E-state index is 5.65. The molecule has 0 spiro atoms. The summed E-state index contributed by atoms with van der Waals surface area (Å²) in [6.07, 6.45) is 0. The van der Waals surface area contributed by atoms with E-state index in [1.54, 1.807) is 0 Å². The second kappa shape index (κ2) is 8.64. The van der Waals surface area contributed by atoms with Crippen molar-refractivity contribution in [3.63, 3.8) is 0 Å². The van der Waals surface area contributed by atoms with Gasteiger partial charge >= 0.3 is 189 Å². The number of nitrogens with zero attached hydrogens (tertiary/aromatic N) is 5. The minimum atomic E-state index is 0.380. The standard InChI is InChI=1S/C23H27N6.W/c1-14-9-16(3)19(10-15(14)2)27-23(24-6)25-13-28(7)21-12-20-22(11-17(21)4)29(8)18(5)26-20;/h6,9-12H,1-5,7-8H3,(H,25,27);/q-1;. The molecule has 0 amide bonds. The second-order valence-corrected chi connectivity index (χ2v) is 8.94. The summed E-state index contributed by atoms with van der Waals surface area (Å²) in [4.78, 5) is 15.3. The quantitative estimate of drug-likeness (QED) is 0.290. The van der Waals surface area contributed by atoms with Gasteiger partial charge in [-0.05, 0) is 0 Å². The number of rotatable bonds is 4. The van der Waals surface area contributed by atoms with Crippen molar-refractivity contribution in [2.75, 3.05) is 17.3 Å². The van der Waals surface area contributed by atoms with E-state index in [0.717, 1.165) is 43.5 Å². The van der Waals surface area contributed by atoms with Crippen molar-refractivity contribution in [3.05, 3.63) is 52.3 Å². The number of benzene rings is 2. The molecule has 6 nitrogen and oxygen atoms in total. The summed E-state index contributed by atoms with van der Waals surface area (Å²) in [5.74, 6) is 1.37. The fraction of sp³-hybridized carbons (Fsp3) is 0.304. The first kappa shape index (κ1) is 22.1. The van der Waals surface area contributed by atoms with Gasteiger partial charge in [-0.3, -0.25) is 0 Å². The van der Waals surface area contributed by atoms with E-state index in [1.807, 2.05) is 21.0 Å². The van der Waals surface area contributed by atoms with E-state index in [4.69, 9.17) is 6.72 Å². The first-order valence-electron chi connectivity index (χ1n) is 9.68. The molecule has 156 valence electrons. The van der Waals surface area contributed by atoms with Crippen LogP contribution in [0.4, 0.5) is 11.4 Å². The average Bonchev–Trinajstić information content (AvgIpc) is 2.97. The summed E-state index contributed by atoms with van der Waals surface area (Å²) in [7, 11) is 4.04. The molecule has 2 aromatic carbocycles. The Hall–Kier alpha value is -2.59. The van der Waals surface area contributed by atoms with Gasteiger partial charge in [-0.25, -0.2) is 0 Å². The molecule has 1 aromatic heterocycles. The number of nitrogens with one attached hydrogen (secondary N) is 1. The zero-order chi connectivity index (χ0) is 22.2. The number of imidazole rings is 1. The fourth-order valence-corrected chi connectivity index (χ4v) is 4.05. The van der Waals surface area contributed by atoms with Crippen molar-refractivity contribution in [1.82, 2.24) is 9.55 Å². The number of aryl methyl sites for hydroxylation is 6. The van der Waals surface area contributed by atoms with Crippen LogP contribution < -0.4 is 10.2 Å². The SMILES string of the molecule is [CH-]=NC(=N[C](=[W])N(C)c1cc2nc(C)n(C)c2cc1C)Nc1cc(C)c(C)cc1C. The molecule has 0 aliphatic heterocycles. The van der Waals surface area contributed by atoms with E-state index in [0.29, 0.717) is 5.96 Å². The van der Waals surface area contributed by atoms with Crippen LogP contribution in [0.1, 0.15) is 28.1 Å². The normalized spacial score (nSPS) is 11.6. The van der Waals surface area contributed by atoms with Gasteiger partial charge in [0.15, 0.2) is 0 Å². The Bertz CT molecular complexity index is 1190. The molecule has 30 heavy (non-hydrogen) atoms. The van der Waals surface area contributed by atoms with Gasteiger partial charge in [-0.15, -0.1) is 0 Å². The Morgan fingerprint density at radius 2 is 1.70 bits per heavy atom. The first-order valence-corrected chi connectivity index (χ1v) is 11.1. The van der Waals surface area contributed by atoms with Crippen molar-refractivity contribution < 1.29 is 19.4 Å². The molecule has 0 bridgehead atoms. The van der Waals surface area contributed by atoms with E-state index in [1.165, 1.54) is 30.5 Å². The monoisotopic (exact) mass is 571 g/mol. The predicted octanol–water partition coefficient (Wildman–Crippen LogP) is 4.23. The molecule has 0 aliphatic rings. The van der Waals surface area contributed by atoms with Crippen LogP contribution in [0.3, 0.4) is 0 Å². The summed E-state index contributed by atoms with van der Waals surface area (Å²) in [5.41, 5.74) is 8.86. The van der Waals surface area contributed by atoms with Crippen molar-refractivity contribution in [2.24, 2.45) is 17.0 Å². The molecular weight excluding hydrogens is 544 g/mol. The molecule has 0 fully saturated rings. The number of fused-ring (bicyclic) bond motifs is 1. The Kier molecular flexibility index (Phi) is 6.37. The van der Waals surface area contributed by atoms with Gasteiger partial charge in [0.2, 0.25) is 0 Å². The zero-order valence-electron chi connectivity index (χ0n) is 18.5. The van der Waals surface area contributed by atoms with Crippen LogP contribution in [0, 0.1) is 34.6 Å². The van der Waals surface area contributed by atoms with E-state index in [9.17, 15) is 0 Å². The third-order valence-electron chi connectivity index (χ3n) is 5.48. The molecule has 0 saturated heterocycles. The molecule has 0 atom stereocenters. The van der Waals surface area contributed by atoms with Gasteiger partial charge < -0.3 is 0 Å². The van der Waals surface area contributed by atoms with Gasteiger partial charge in [0.05, 0.1) is 0 Å². The van der Waals surface area contributed by atoms with Gasteiger partial charge in [-0.1, -0.05) is 0 Å². The second-order valence-electron chi connectivity index (χ2n) is 7.63. The zero-order valence-corrected chi connectivity index (χ0v) is 21.5. The van der Waals surface area contributed by atoms with E-state index in [2.05, 4.69) is 81.7 Å². The molecule has 0 unspecified atom stereocenters. The van der Waals surface area contributed by atoms with Crippen LogP contribution >= 0.6 is 0 Å². The van der Waals surface area contributed by atoms with Gasteiger partial charge in [-0.2, -0.15) is 0 Å². The number of aromatic nitrogens is 2. The molecule has 0 radical (unpaired) electrons. The Morgan fingerprint density at radius 1 is 1.03 bits per heavy atom. The molecule has 1 N–H and O–H groups in total. The van der Waals surface area contributed by atoms with Crippen molar-refractivity contribution >= 4 is 39.2 Å². The van der Waals surface area contributed by atoms with Gasteiger partial charge in [0.25, 0.3) is 0 Å². The van der Waals surface area contributed by atoms with Crippen molar-refractivity contribution in [2.45, 2.75) is 34.6 Å². The van der Waals surface area contributed by atoms with Crippen molar-refractivity contribution in [3.8, 4) is 0 Å². The van der Waals surface area contributed by atoms with Gasteiger partial charge in [0.1, 0.15) is 0 Å². The van der Waals surface area contributed by atoms with Gasteiger partial charge in [0, 0.05) is 0 Å². The molecule has 1 heterocycles. The summed E-state index contributed by atoms with van der Waals surface area (Å²) in [6, 6.07) is 8.51. The van der Waals surface area contributed by atoms with E-state index < -0.39 is 0 Å². The van der Waals surface area contributed by atoms with Crippen LogP contribution in [-0.4, -0.2) is 33.4 Å².